The third-order valence-electron chi connectivity index (χ3n) is 5.33. The van der Waals surface area contributed by atoms with Crippen LogP contribution in [0.2, 0.25) is 0 Å². The molecule has 2 aliphatic rings. The maximum absolute atomic E-state index is 4.56. The highest BCUT2D eigenvalue weighted by Gasteiger charge is 2.29. The predicted molar refractivity (Wildman–Crippen MR) is 104 cm³/mol. The van der Waals surface area contributed by atoms with Gasteiger partial charge in [0, 0.05) is 57.5 Å². The molecule has 1 unspecified atom stereocenters. The van der Waals surface area contributed by atoms with Gasteiger partial charge in [-0.15, -0.1) is 12.4 Å². The molecule has 4 rings (SSSR count). The fraction of sp³-hybridized carbons (Fsp3) is 0.526. The van der Waals surface area contributed by atoms with Gasteiger partial charge in [0.05, 0.1) is 11.9 Å². The summed E-state index contributed by atoms with van der Waals surface area (Å²) in [7, 11) is 0. The largest absolute Gasteiger partial charge is 0.314 e. The Labute approximate surface area is 156 Å². The molecule has 3 heterocycles. The van der Waals surface area contributed by atoms with E-state index >= 15 is 0 Å². The average molecular weight is 362 g/mol. The molecule has 136 valence electrons. The molecule has 0 spiro atoms. The normalized spacial score (nSPS) is 22.0. The number of para-hydroxylation sites is 1. The maximum Gasteiger partial charge on any atom is 0.110 e. The molecule has 1 aromatic heterocycles. The second-order valence-corrected chi connectivity index (χ2v) is 6.93. The van der Waals surface area contributed by atoms with Gasteiger partial charge >= 0.3 is 0 Å². The first-order valence-corrected chi connectivity index (χ1v) is 9.07. The van der Waals surface area contributed by atoms with Crippen molar-refractivity contribution in [1.82, 2.24) is 24.7 Å². The van der Waals surface area contributed by atoms with E-state index in [2.05, 4.69) is 61.9 Å². The molecule has 25 heavy (non-hydrogen) atoms. The standard InChI is InChI=1S/C19H27N5.ClH/c1-16-21-13-19(24(16)17-5-3-2-4-6-17)15-22-10-7-18(14-22)23-11-8-20-9-12-23;/h2-6,13,18,20H,7-12,14-15H2,1H3;1H. The molecule has 2 aromatic rings. The summed E-state index contributed by atoms with van der Waals surface area (Å²) in [5.41, 5.74) is 2.50. The van der Waals surface area contributed by atoms with Gasteiger partial charge in [-0.1, -0.05) is 18.2 Å². The lowest BCUT2D eigenvalue weighted by atomic mass is 10.2. The van der Waals surface area contributed by atoms with Gasteiger partial charge in [0.2, 0.25) is 0 Å². The number of likely N-dealkylation sites (tertiary alicyclic amines) is 1. The van der Waals surface area contributed by atoms with Gasteiger partial charge in [-0.05, 0) is 25.5 Å². The van der Waals surface area contributed by atoms with E-state index in [1.807, 2.05) is 6.20 Å². The van der Waals surface area contributed by atoms with Crippen molar-refractivity contribution in [2.24, 2.45) is 0 Å². The van der Waals surface area contributed by atoms with Gasteiger partial charge in [0.15, 0.2) is 0 Å². The fourth-order valence-corrected chi connectivity index (χ4v) is 4.06. The van der Waals surface area contributed by atoms with Crippen LogP contribution in [0.3, 0.4) is 0 Å². The Balaban J connectivity index is 0.00000182. The summed E-state index contributed by atoms with van der Waals surface area (Å²) < 4.78 is 2.29. The number of hydrogen-bond donors (Lipinski definition) is 1. The number of hydrogen-bond acceptors (Lipinski definition) is 4. The summed E-state index contributed by atoms with van der Waals surface area (Å²) in [6, 6.07) is 11.3. The van der Waals surface area contributed by atoms with E-state index < -0.39 is 0 Å². The Hall–Kier alpha value is -1.40. The molecule has 0 aliphatic carbocycles. The number of piperazine rings is 1. The quantitative estimate of drug-likeness (QED) is 0.904. The van der Waals surface area contributed by atoms with Crippen LogP contribution in [0.5, 0.6) is 0 Å². The highest BCUT2D eigenvalue weighted by Crippen LogP contribution is 2.21. The van der Waals surface area contributed by atoms with E-state index in [1.54, 1.807) is 0 Å². The Morgan fingerprint density at radius 1 is 1.12 bits per heavy atom. The molecule has 1 atom stereocenters. The number of benzene rings is 1. The minimum atomic E-state index is 0. The van der Waals surface area contributed by atoms with Crippen LogP contribution in [0.15, 0.2) is 36.5 Å². The first-order chi connectivity index (χ1) is 11.8. The number of nitrogens with one attached hydrogen (secondary N) is 1. The highest BCUT2D eigenvalue weighted by molar-refractivity contribution is 5.85. The second kappa shape index (κ2) is 8.32. The molecule has 0 amide bonds. The predicted octanol–water partition coefficient (Wildman–Crippen LogP) is 2.08. The summed E-state index contributed by atoms with van der Waals surface area (Å²) in [4.78, 5) is 9.81. The van der Waals surface area contributed by atoms with Crippen molar-refractivity contribution in [2.45, 2.75) is 25.9 Å². The lowest BCUT2D eigenvalue weighted by molar-refractivity contribution is 0.170. The molecule has 6 heteroatoms. The van der Waals surface area contributed by atoms with Gasteiger partial charge < -0.3 is 5.32 Å². The molecule has 2 aliphatic heterocycles. The van der Waals surface area contributed by atoms with Crippen LogP contribution < -0.4 is 5.32 Å². The number of nitrogens with zero attached hydrogens (tertiary/aromatic N) is 4. The fourth-order valence-electron chi connectivity index (χ4n) is 4.06. The molecule has 2 fully saturated rings. The molecule has 1 N–H and O–H groups in total. The van der Waals surface area contributed by atoms with Crippen LogP contribution in [0, 0.1) is 6.92 Å². The number of rotatable bonds is 4. The van der Waals surface area contributed by atoms with Crippen molar-refractivity contribution < 1.29 is 0 Å². The monoisotopic (exact) mass is 361 g/mol. The number of halogens is 1. The topological polar surface area (TPSA) is 36.3 Å². The van der Waals surface area contributed by atoms with E-state index in [0.29, 0.717) is 0 Å². The van der Waals surface area contributed by atoms with Crippen LogP contribution in [0.25, 0.3) is 5.69 Å². The average Bonchev–Trinajstić information content (AvgIpc) is 3.24. The van der Waals surface area contributed by atoms with Crippen LogP contribution in [-0.2, 0) is 6.54 Å². The first-order valence-electron chi connectivity index (χ1n) is 9.07. The van der Waals surface area contributed by atoms with Gasteiger partial charge in [0.1, 0.15) is 5.82 Å². The minimum absolute atomic E-state index is 0. The zero-order valence-electron chi connectivity index (χ0n) is 14.9. The highest BCUT2D eigenvalue weighted by atomic mass is 35.5. The summed E-state index contributed by atoms with van der Waals surface area (Å²) in [5.74, 6) is 1.06. The van der Waals surface area contributed by atoms with E-state index in [-0.39, 0.29) is 12.4 Å². The molecule has 0 radical (unpaired) electrons. The molecule has 1 aromatic carbocycles. The van der Waals surface area contributed by atoms with Crippen molar-refractivity contribution >= 4 is 12.4 Å². The number of aryl methyl sites for hydroxylation is 1. The zero-order chi connectivity index (χ0) is 16.4. The Bertz CT molecular complexity index is 666. The Kier molecular flexibility index (Phi) is 6.12. The SMILES string of the molecule is Cc1ncc(CN2CCC(N3CCNCC3)C2)n1-c1ccccc1.Cl. The van der Waals surface area contributed by atoms with Crippen molar-refractivity contribution in [3.63, 3.8) is 0 Å². The maximum atomic E-state index is 4.56. The summed E-state index contributed by atoms with van der Waals surface area (Å²) in [6.45, 7) is 10.1. The lowest BCUT2D eigenvalue weighted by Crippen LogP contribution is -2.49. The molecule has 0 bridgehead atoms. The molecule has 2 saturated heterocycles. The lowest BCUT2D eigenvalue weighted by Gasteiger charge is -2.32. The number of imidazole rings is 1. The molecular formula is C19H28ClN5. The number of aromatic nitrogens is 2. The summed E-state index contributed by atoms with van der Waals surface area (Å²) in [6.07, 6.45) is 3.33. The summed E-state index contributed by atoms with van der Waals surface area (Å²) >= 11 is 0. The molecule has 0 saturated carbocycles. The van der Waals surface area contributed by atoms with Crippen LogP contribution in [-0.4, -0.2) is 64.7 Å². The molecular weight excluding hydrogens is 334 g/mol. The Morgan fingerprint density at radius 2 is 1.88 bits per heavy atom. The van der Waals surface area contributed by atoms with Gasteiger partial charge in [0.25, 0.3) is 0 Å². The van der Waals surface area contributed by atoms with Crippen molar-refractivity contribution in [3.05, 3.63) is 48.0 Å². The van der Waals surface area contributed by atoms with Crippen molar-refractivity contribution in [3.8, 4) is 5.69 Å². The van der Waals surface area contributed by atoms with E-state index in [1.165, 1.54) is 44.0 Å². The smallest absolute Gasteiger partial charge is 0.110 e. The third kappa shape index (κ3) is 4.06. The van der Waals surface area contributed by atoms with E-state index in [0.717, 1.165) is 31.5 Å². The summed E-state index contributed by atoms with van der Waals surface area (Å²) in [5, 5.41) is 3.45. The van der Waals surface area contributed by atoms with Gasteiger partial charge in [-0.3, -0.25) is 14.4 Å². The van der Waals surface area contributed by atoms with Crippen molar-refractivity contribution in [1.29, 1.82) is 0 Å². The second-order valence-electron chi connectivity index (χ2n) is 6.93. The minimum Gasteiger partial charge on any atom is -0.314 e. The third-order valence-corrected chi connectivity index (χ3v) is 5.33. The van der Waals surface area contributed by atoms with Gasteiger partial charge in [-0.2, -0.15) is 0 Å². The van der Waals surface area contributed by atoms with E-state index in [4.69, 9.17) is 0 Å². The van der Waals surface area contributed by atoms with Crippen LogP contribution in [0.4, 0.5) is 0 Å². The van der Waals surface area contributed by atoms with Crippen molar-refractivity contribution in [2.75, 3.05) is 39.3 Å². The first kappa shape index (κ1) is 18.4. The van der Waals surface area contributed by atoms with E-state index in [9.17, 15) is 0 Å². The zero-order valence-corrected chi connectivity index (χ0v) is 15.7. The van der Waals surface area contributed by atoms with Crippen LogP contribution in [0.1, 0.15) is 17.9 Å². The van der Waals surface area contributed by atoms with Crippen LogP contribution >= 0.6 is 12.4 Å². The molecule has 5 nitrogen and oxygen atoms in total. The van der Waals surface area contributed by atoms with Gasteiger partial charge in [-0.25, -0.2) is 4.98 Å². The Morgan fingerprint density at radius 3 is 2.64 bits per heavy atom.